The fourth-order valence-corrected chi connectivity index (χ4v) is 0. The second-order valence-corrected chi connectivity index (χ2v) is 3.63. The lowest BCUT2D eigenvalue weighted by Gasteiger charge is -1.94. The van der Waals surface area contributed by atoms with Crippen LogP contribution in [0.1, 0.15) is 6.92 Å². The SMILES string of the molecule is CC(Cl)(Cl)Cl.Cl. The lowest BCUT2D eigenvalue weighted by atomic mass is 10.9. The molecule has 0 aromatic heterocycles. The average molecular weight is 170 g/mol. The maximum atomic E-state index is 5.06. The quantitative estimate of drug-likeness (QED) is 0.490. The molecule has 0 aromatic rings. The molecule has 0 atom stereocenters. The Balaban J connectivity index is 0. The van der Waals surface area contributed by atoms with Crippen LogP contribution in [-0.4, -0.2) is 3.79 Å². The minimum absolute atomic E-state index is 0. The first-order valence-electron chi connectivity index (χ1n) is 1.07. The molecule has 0 nitrogen and oxygen atoms in total. The standard InChI is InChI=1S/C2H3Cl3.ClH/c1-2(3,4)5;/h1H3;1H. The molecule has 0 saturated heterocycles. The third-order valence-electron chi connectivity index (χ3n) is 0. The summed E-state index contributed by atoms with van der Waals surface area (Å²) in [6.45, 7) is 1.48. The van der Waals surface area contributed by atoms with Gasteiger partial charge in [-0.05, 0) is 6.92 Å². The average Bonchev–Trinajstić information content (AvgIpc) is 0.722. The number of hydrogen-bond donors (Lipinski definition) is 0. The highest BCUT2D eigenvalue weighted by Gasteiger charge is 2.07. The first-order valence-corrected chi connectivity index (χ1v) is 2.20. The lowest BCUT2D eigenvalue weighted by Crippen LogP contribution is -1.87. The first kappa shape index (κ1) is 10.2. The normalized spacial score (nSPS) is 10.0. The summed E-state index contributed by atoms with van der Waals surface area (Å²) in [7, 11) is 0. The van der Waals surface area contributed by atoms with E-state index >= 15 is 0 Å². The van der Waals surface area contributed by atoms with E-state index in [0.717, 1.165) is 0 Å². The molecule has 0 saturated carbocycles. The van der Waals surface area contributed by atoms with Crippen LogP contribution >= 0.6 is 47.2 Å². The molecule has 0 bridgehead atoms. The van der Waals surface area contributed by atoms with Crippen molar-refractivity contribution in [2.75, 3.05) is 0 Å². The van der Waals surface area contributed by atoms with Gasteiger partial charge in [0.05, 0.1) is 0 Å². The molecule has 0 unspecified atom stereocenters. The second-order valence-electron chi connectivity index (χ2n) is 0.781. The van der Waals surface area contributed by atoms with Gasteiger partial charge in [0.25, 0.3) is 0 Å². The van der Waals surface area contributed by atoms with Crippen LogP contribution in [0.4, 0.5) is 0 Å². The topological polar surface area (TPSA) is 0 Å². The Morgan fingerprint density at radius 3 is 1.17 bits per heavy atom. The van der Waals surface area contributed by atoms with Gasteiger partial charge in [-0.1, -0.05) is 34.8 Å². The van der Waals surface area contributed by atoms with Gasteiger partial charge in [0.1, 0.15) is 0 Å². The molecule has 0 N–H and O–H groups in total. The van der Waals surface area contributed by atoms with Crippen molar-refractivity contribution in [1.29, 1.82) is 0 Å². The van der Waals surface area contributed by atoms with E-state index in [1.54, 1.807) is 0 Å². The van der Waals surface area contributed by atoms with Gasteiger partial charge in [-0.25, -0.2) is 0 Å². The Bertz CT molecular complexity index is 21.0. The highest BCUT2D eigenvalue weighted by atomic mass is 35.6. The van der Waals surface area contributed by atoms with Crippen molar-refractivity contribution in [3.63, 3.8) is 0 Å². The molecule has 0 aliphatic rings. The molecule has 0 rings (SSSR count). The van der Waals surface area contributed by atoms with Crippen molar-refractivity contribution >= 4 is 47.2 Å². The number of rotatable bonds is 0. The Labute approximate surface area is 58.2 Å². The van der Waals surface area contributed by atoms with E-state index in [0.29, 0.717) is 0 Å². The second kappa shape index (κ2) is 3.20. The molecule has 0 amide bonds. The molecule has 6 heavy (non-hydrogen) atoms. The smallest absolute Gasteiger partial charge is 0.147 e. The molecule has 0 aliphatic carbocycles. The number of alkyl halides is 3. The van der Waals surface area contributed by atoms with Crippen LogP contribution in [0.5, 0.6) is 0 Å². The zero-order valence-electron chi connectivity index (χ0n) is 3.04. The van der Waals surface area contributed by atoms with Gasteiger partial charge >= 0.3 is 0 Å². The van der Waals surface area contributed by atoms with E-state index in [4.69, 9.17) is 34.8 Å². The molecular formula is C2H4Cl4. The van der Waals surface area contributed by atoms with Crippen LogP contribution in [0.15, 0.2) is 0 Å². The van der Waals surface area contributed by atoms with Crippen LogP contribution in [0, 0.1) is 0 Å². The number of halogens is 4. The minimum atomic E-state index is -1.08. The molecule has 40 valence electrons. The van der Waals surface area contributed by atoms with Crippen LogP contribution in [0.2, 0.25) is 0 Å². The predicted molar refractivity (Wildman–Crippen MR) is 33.2 cm³/mol. The molecule has 0 aromatic carbocycles. The molecule has 0 fully saturated rings. The highest BCUT2D eigenvalue weighted by molar-refractivity contribution is 6.67. The monoisotopic (exact) mass is 168 g/mol. The van der Waals surface area contributed by atoms with E-state index < -0.39 is 3.79 Å². The van der Waals surface area contributed by atoms with Crippen LogP contribution in [-0.2, 0) is 0 Å². The predicted octanol–water partition coefficient (Wildman–Crippen LogP) is 2.80. The van der Waals surface area contributed by atoms with Crippen molar-refractivity contribution in [2.24, 2.45) is 0 Å². The zero-order valence-corrected chi connectivity index (χ0v) is 6.13. The Morgan fingerprint density at radius 2 is 1.17 bits per heavy atom. The fourth-order valence-electron chi connectivity index (χ4n) is 0. The Kier molecular flexibility index (Phi) is 5.44. The van der Waals surface area contributed by atoms with Gasteiger partial charge in [0, 0.05) is 0 Å². The third kappa shape index (κ3) is 66.4. The molecule has 0 radical (unpaired) electrons. The van der Waals surface area contributed by atoms with E-state index in [9.17, 15) is 0 Å². The summed E-state index contributed by atoms with van der Waals surface area (Å²) in [4.78, 5) is 0. The van der Waals surface area contributed by atoms with E-state index in [-0.39, 0.29) is 12.4 Å². The molecule has 4 heteroatoms. The van der Waals surface area contributed by atoms with Crippen LogP contribution in [0.3, 0.4) is 0 Å². The first-order chi connectivity index (χ1) is 2.00. The van der Waals surface area contributed by atoms with E-state index in [1.807, 2.05) is 0 Å². The fraction of sp³-hybridized carbons (Fsp3) is 1.00. The molecule has 0 heterocycles. The highest BCUT2D eigenvalue weighted by Crippen LogP contribution is 2.23. The maximum Gasteiger partial charge on any atom is 0.187 e. The summed E-state index contributed by atoms with van der Waals surface area (Å²) < 4.78 is -1.08. The zero-order chi connectivity index (χ0) is 4.50. The number of hydrogen-bond acceptors (Lipinski definition) is 0. The Hall–Kier alpha value is 1.16. The van der Waals surface area contributed by atoms with Gasteiger partial charge in [0.15, 0.2) is 3.79 Å². The van der Waals surface area contributed by atoms with Gasteiger partial charge in [-0.3, -0.25) is 0 Å². The van der Waals surface area contributed by atoms with Gasteiger partial charge < -0.3 is 0 Å². The maximum absolute atomic E-state index is 5.06. The summed E-state index contributed by atoms with van der Waals surface area (Å²) in [5.74, 6) is 0. The van der Waals surface area contributed by atoms with Crippen molar-refractivity contribution in [3.05, 3.63) is 0 Å². The largest absolute Gasteiger partial charge is 0.187 e. The molecule has 0 aliphatic heterocycles. The minimum Gasteiger partial charge on any atom is -0.147 e. The van der Waals surface area contributed by atoms with Gasteiger partial charge in [0.2, 0.25) is 0 Å². The van der Waals surface area contributed by atoms with Crippen molar-refractivity contribution in [3.8, 4) is 0 Å². The molecular weight excluding hydrogens is 166 g/mol. The van der Waals surface area contributed by atoms with Gasteiger partial charge in [-0.15, -0.1) is 12.4 Å². The summed E-state index contributed by atoms with van der Waals surface area (Å²) in [6, 6.07) is 0. The lowest BCUT2D eigenvalue weighted by molar-refractivity contribution is 1.27. The van der Waals surface area contributed by atoms with Crippen molar-refractivity contribution < 1.29 is 0 Å². The summed E-state index contributed by atoms with van der Waals surface area (Å²) in [5, 5.41) is 0. The van der Waals surface area contributed by atoms with Crippen molar-refractivity contribution in [2.45, 2.75) is 10.7 Å². The molecule has 0 spiro atoms. The van der Waals surface area contributed by atoms with Crippen LogP contribution < -0.4 is 0 Å². The van der Waals surface area contributed by atoms with E-state index in [2.05, 4.69) is 0 Å². The summed E-state index contributed by atoms with van der Waals surface area (Å²) >= 11 is 15.2. The third-order valence-corrected chi connectivity index (χ3v) is 0. The van der Waals surface area contributed by atoms with Gasteiger partial charge in [-0.2, -0.15) is 0 Å². The Morgan fingerprint density at radius 1 is 1.17 bits per heavy atom. The van der Waals surface area contributed by atoms with Crippen LogP contribution in [0.25, 0.3) is 0 Å². The summed E-state index contributed by atoms with van der Waals surface area (Å²) in [5.41, 5.74) is 0. The summed E-state index contributed by atoms with van der Waals surface area (Å²) in [6.07, 6.45) is 0. The van der Waals surface area contributed by atoms with Crippen molar-refractivity contribution in [1.82, 2.24) is 0 Å². The van der Waals surface area contributed by atoms with E-state index in [1.165, 1.54) is 6.92 Å².